The Kier molecular flexibility index (Phi) is 5.17. The lowest BCUT2D eigenvalue weighted by Gasteiger charge is -2.09. The Hall–Kier alpha value is -2.31. The van der Waals surface area contributed by atoms with Gasteiger partial charge in [-0.1, -0.05) is 35.8 Å². The molecule has 0 aliphatic rings. The number of halogens is 2. The predicted molar refractivity (Wildman–Crippen MR) is 121 cm³/mol. The first-order valence-corrected chi connectivity index (χ1v) is 10.7. The summed E-state index contributed by atoms with van der Waals surface area (Å²) in [4.78, 5) is 12.8. The number of hydrogen-bond donors (Lipinski definition) is 2. The lowest BCUT2D eigenvalue weighted by Crippen LogP contribution is -2.11. The maximum Gasteiger partial charge on any atom is 0.256 e. The largest absolute Gasteiger partial charge is 0.508 e. The van der Waals surface area contributed by atoms with E-state index < -0.39 is 0 Å². The fourth-order valence-electron chi connectivity index (χ4n) is 2.93. The minimum atomic E-state index is -0.258. The fraction of sp³-hybridized carbons (Fsp3) is 0. The first kappa shape index (κ1) is 19.0. The highest BCUT2D eigenvalue weighted by atomic mass is 35.5. The molecule has 0 bridgehead atoms. The summed E-state index contributed by atoms with van der Waals surface area (Å²) in [5.74, 6) is -0.406. The molecule has 1 amide bonds. The molecule has 0 spiro atoms. The van der Waals surface area contributed by atoms with Crippen LogP contribution in [0.15, 0.2) is 59.8 Å². The minimum absolute atomic E-state index is 0.147. The predicted octanol–water partition coefficient (Wildman–Crippen LogP) is 7.72. The van der Waals surface area contributed by atoms with Gasteiger partial charge in [0.2, 0.25) is 0 Å². The number of fused-ring (bicyclic) bond motifs is 1. The molecule has 140 valence electrons. The van der Waals surface area contributed by atoms with E-state index in [-0.39, 0.29) is 11.7 Å². The van der Waals surface area contributed by atoms with Crippen molar-refractivity contribution >= 4 is 72.6 Å². The van der Waals surface area contributed by atoms with Gasteiger partial charge in [0.1, 0.15) is 10.8 Å². The highest BCUT2D eigenvalue weighted by Gasteiger charge is 2.20. The van der Waals surface area contributed by atoms with Crippen LogP contribution >= 0.6 is 45.9 Å². The topological polar surface area (TPSA) is 49.3 Å². The van der Waals surface area contributed by atoms with Crippen molar-refractivity contribution < 1.29 is 9.90 Å². The summed E-state index contributed by atoms with van der Waals surface area (Å²) >= 11 is 15.2. The molecule has 4 rings (SSSR count). The summed E-state index contributed by atoms with van der Waals surface area (Å²) in [5.41, 5.74) is 2.37. The first-order valence-electron chi connectivity index (χ1n) is 8.18. The molecule has 0 aliphatic heterocycles. The van der Waals surface area contributed by atoms with Gasteiger partial charge in [-0.05, 0) is 47.2 Å². The summed E-state index contributed by atoms with van der Waals surface area (Å²) in [5, 5.41) is 19.4. The molecule has 0 fully saturated rings. The number of thiophene rings is 2. The van der Waals surface area contributed by atoms with Crippen LogP contribution in [0.3, 0.4) is 0 Å². The summed E-state index contributed by atoms with van der Waals surface area (Å²) in [6.07, 6.45) is 0. The molecule has 0 atom stereocenters. The highest BCUT2D eigenvalue weighted by Crippen LogP contribution is 2.42. The van der Waals surface area contributed by atoms with Gasteiger partial charge in [0.15, 0.2) is 0 Å². The summed E-state index contributed by atoms with van der Waals surface area (Å²) in [6, 6.07) is 12.7. The van der Waals surface area contributed by atoms with E-state index in [0.717, 1.165) is 10.1 Å². The van der Waals surface area contributed by atoms with Crippen LogP contribution in [-0.4, -0.2) is 11.0 Å². The Morgan fingerprint density at radius 1 is 1.04 bits per heavy atom. The van der Waals surface area contributed by atoms with Crippen molar-refractivity contribution in [2.45, 2.75) is 0 Å². The molecule has 2 aromatic carbocycles. The average Bonchev–Trinajstić information content (AvgIpc) is 3.27. The number of benzene rings is 2. The van der Waals surface area contributed by atoms with Gasteiger partial charge in [-0.15, -0.1) is 22.7 Å². The molecule has 2 N–H and O–H groups in total. The van der Waals surface area contributed by atoms with Crippen LogP contribution in [0.5, 0.6) is 0 Å². The van der Waals surface area contributed by atoms with E-state index in [4.69, 9.17) is 23.2 Å². The zero-order chi connectivity index (χ0) is 19.8. The van der Waals surface area contributed by atoms with E-state index in [1.165, 1.54) is 11.3 Å². The summed E-state index contributed by atoms with van der Waals surface area (Å²) in [7, 11) is 0. The van der Waals surface area contributed by atoms with Gasteiger partial charge in [-0.3, -0.25) is 4.79 Å². The number of carbonyl (C=O) groups excluding carboxylic acids is 1. The molecule has 2 heterocycles. The lowest BCUT2D eigenvalue weighted by molar-refractivity contribution is 0.102. The van der Waals surface area contributed by atoms with Gasteiger partial charge in [-0.2, -0.15) is 0 Å². The molecule has 0 unspecified atom stereocenters. The monoisotopic (exact) mass is 445 g/mol. The third-order valence-electron chi connectivity index (χ3n) is 4.24. The zero-order valence-corrected chi connectivity index (χ0v) is 17.5. The van der Waals surface area contributed by atoms with Crippen LogP contribution < -0.4 is 5.32 Å². The van der Waals surface area contributed by atoms with Crippen molar-refractivity contribution in [2.24, 2.45) is 0 Å². The van der Waals surface area contributed by atoms with Crippen molar-refractivity contribution in [3.8, 4) is 11.1 Å². The maximum atomic E-state index is 12.8. The second-order valence-electron chi connectivity index (χ2n) is 6.05. The lowest BCUT2D eigenvalue weighted by atomic mass is 10.0. The number of aliphatic hydroxyl groups is 1. The SMILES string of the molecule is C=C(O)c1c(-c2ccc(Cl)cc2Cl)csc1NC(=O)c1ccc2sccc2c1. The van der Waals surface area contributed by atoms with Gasteiger partial charge >= 0.3 is 0 Å². The molecule has 0 saturated carbocycles. The van der Waals surface area contributed by atoms with Crippen LogP contribution in [0.2, 0.25) is 10.0 Å². The minimum Gasteiger partial charge on any atom is -0.508 e. The number of carbonyl (C=O) groups is 1. The van der Waals surface area contributed by atoms with Crippen LogP contribution in [0.25, 0.3) is 27.0 Å². The van der Waals surface area contributed by atoms with Gasteiger partial charge < -0.3 is 10.4 Å². The highest BCUT2D eigenvalue weighted by molar-refractivity contribution is 7.17. The van der Waals surface area contributed by atoms with E-state index in [9.17, 15) is 9.90 Å². The Morgan fingerprint density at radius 2 is 1.86 bits per heavy atom. The van der Waals surface area contributed by atoms with E-state index in [0.29, 0.717) is 37.3 Å². The first-order chi connectivity index (χ1) is 13.4. The van der Waals surface area contributed by atoms with E-state index in [1.54, 1.807) is 35.6 Å². The molecule has 0 aliphatic carbocycles. The Balaban J connectivity index is 1.70. The van der Waals surface area contributed by atoms with Crippen LogP contribution in [-0.2, 0) is 0 Å². The number of aliphatic hydroxyl groups excluding tert-OH is 1. The van der Waals surface area contributed by atoms with E-state index >= 15 is 0 Å². The Labute approximate surface area is 179 Å². The number of hydrogen-bond acceptors (Lipinski definition) is 4. The number of nitrogens with one attached hydrogen (secondary N) is 1. The average molecular weight is 446 g/mol. The molecule has 0 saturated heterocycles. The van der Waals surface area contributed by atoms with Gasteiger partial charge in [0, 0.05) is 36.8 Å². The molecular formula is C21H13Cl2NO2S2. The molecule has 7 heteroatoms. The van der Waals surface area contributed by atoms with E-state index in [2.05, 4.69) is 11.9 Å². The number of anilines is 1. The number of amides is 1. The Bertz CT molecular complexity index is 1230. The molecule has 2 aromatic heterocycles. The normalized spacial score (nSPS) is 10.9. The van der Waals surface area contributed by atoms with E-state index in [1.807, 2.05) is 29.0 Å². The van der Waals surface area contributed by atoms with Crippen LogP contribution in [0, 0.1) is 0 Å². The van der Waals surface area contributed by atoms with Crippen LogP contribution in [0.4, 0.5) is 5.00 Å². The summed E-state index contributed by atoms with van der Waals surface area (Å²) in [6.45, 7) is 3.65. The van der Waals surface area contributed by atoms with Crippen molar-refractivity contribution in [3.63, 3.8) is 0 Å². The van der Waals surface area contributed by atoms with Crippen LogP contribution in [0.1, 0.15) is 15.9 Å². The molecule has 28 heavy (non-hydrogen) atoms. The third kappa shape index (κ3) is 3.54. The van der Waals surface area contributed by atoms with Crippen molar-refractivity contribution in [3.05, 3.63) is 81.0 Å². The zero-order valence-electron chi connectivity index (χ0n) is 14.3. The molecule has 3 nitrogen and oxygen atoms in total. The van der Waals surface area contributed by atoms with Crippen molar-refractivity contribution in [2.75, 3.05) is 5.32 Å². The Morgan fingerprint density at radius 3 is 2.61 bits per heavy atom. The standard InChI is InChI=1S/C21H13Cl2NO2S2/c1-11(25)19-16(15-4-3-14(22)9-17(15)23)10-28-21(19)24-20(26)13-2-5-18-12(8-13)6-7-27-18/h2-10,25H,1H2,(H,24,26). The maximum absolute atomic E-state index is 12.8. The third-order valence-corrected chi connectivity index (χ3v) is 6.58. The molecular weight excluding hydrogens is 433 g/mol. The van der Waals surface area contributed by atoms with Crippen molar-refractivity contribution in [1.29, 1.82) is 0 Å². The number of rotatable bonds is 4. The molecule has 4 aromatic rings. The quantitative estimate of drug-likeness (QED) is 0.315. The second kappa shape index (κ2) is 7.60. The summed E-state index contributed by atoms with van der Waals surface area (Å²) < 4.78 is 1.12. The van der Waals surface area contributed by atoms with Gasteiger partial charge in [0.25, 0.3) is 5.91 Å². The smallest absolute Gasteiger partial charge is 0.256 e. The van der Waals surface area contributed by atoms with Gasteiger partial charge in [-0.25, -0.2) is 0 Å². The second-order valence-corrected chi connectivity index (χ2v) is 8.72. The fourth-order valence-corrected chi connectivity index (χ4v) is 5.18. The van der Waals surface area contributed by atoms with Crippen molar-refractivity contribution in [1.82, 2.24) is 0 Å². The van der Waals surface area contributed by atoms with Gasteiger partial charge in [0.05, 0.1) is 5.56 Å². The molecule has 0 radical (unpaired) electrons.